The van der Waals surface area contributed by atoms with Crippen molar-refractivity contribution in [3.63, 3.8) is 0 Å². The molecule has 0 atom stereocenters. The summed E-state index contributed by atoms with van der Waals surface area (Å²) < 4.78 is 37.3. The minimum absolute atomic E-state index is 0.0434. The number of anilines is 5. The third-order valence-corrected chi connectivity index (χ3v) is 6.77. The van der Waals surface area contributed by atoms with Crippen LogP contribution >= 0.6 is 0 Å². The average Bonchev–Trinajstić information content (AvgIpc) is 2.97. The number of carbonyl (C=O) groups excluding carboxylic acids is 1. The Bertz CT molecular complexity index is 1750. The van der Waals surface area contributed by atoms with Crippen molar-refractivity contribution in [3.05, 3.63) is 96.8 Å². The first-order valence-corrected chi connectivity index (χ1v) is 13.6. The molecule has 0 radical (unpaired) electrons. The Morgan fingerprint density at radius 2 is 1.51 bits per heavy atom. The summed E-state index contributed by atoms with van der Waals surface area (Å²) in [4.78, 5) is 26.0. The second-order valence-electron chi connectivity index (χ2n) is 8.79. The molecule has 208 valence electrons. The van der Waals surface area contributed by atoms with E-state index in [-0.39, 0.29) is 29.7 Å². The number of ether oxygens (including phenoxy) is 2. The predicted octanol–water partition coefficient (Wildman–Crippen LogP) is 4.63. The molecule has 5 rings (SSSR count). The fraction of sp³-hybridized carbons (Fsp3) is 0.103. The van der Waals surface area contributed by atoms with Gasteiger partial charge in [-0.25, -0.2) is 22.7 Å². The van der Waals surface area contributed by atoms with Gasteiger partial charge in [-0.1, -0.05) is 18.2 Å². The number of thiol groups is 1. The van der Waals surface area contributed by atoms with E-state index in [4.69, 9.17) is 9.47 Å². The number of amides is 1. The number of nitrogens with one attached hydrogen (secondary N) is 2. The summed E-state index contributed by atoms with van der Waals surface area (Å²) in [7, 11) is -0.164. The van der Waals surface area contributed by atoms with E-state index in [1.807, 2.05) is 6.07 Å². The molecule has 0 saturated carbocycles. The van der Waals surface area contributed by atoms with Gasteiger partial charge in [0.05, 0.1) is 37.4 Å². The molecule has 0 bridgehead atoms. The molecule has 5 aromatic rings. The first-order chi connectivity index (χ1) is 19.9. The van der Waals surface area contributed by atoms with Crippen LogP contribution in [0.15, 0.2) is 91.3 Å². The summed E-state index contributed by atoms with van der Waals surface area (Å²) in [6, 6.07) is 22.3. The van der Waals surface area contributed by atoms with Crippen molar-refractivity contribution in [3.8, 4) is 11.5 Å². The van der Waals surface area contributed by atoms with Gasteiger partial charge in [-0.15, -0.1) is 0 Å². The van der Waals surface area contributed by atoms with Crippen LogP contribution in [0.1, 0.15) is 5.56 Å². The maximum atomic E-state index is 12.8. The number of fused-ring (bicyclic) bond motifs is 1. The fourth-order valence-electron chi connectivity index (χ4n) is 4.14. The molecule has 2 heterocycles. The molecule has 2 N–H and O–H groups in total. The Balaban J connectivity index is 1.54. The molecular weight excluding hydrogens is 544 g/mol. The van der Waals surface area contributed by atoms with Gasteiger partial charge >= 0.3 is 0 Å². The van der Waals surface area contributed by atoms with Gasteiger partial charge in [0.2, 0.25) is 16.8 Å². The standard InChI is InChI=1S/C29H26N6O5S/c1-39-23-16-21(17-24(18-23)40-2)32-28-29(34-26-9-4-3-8-25(26)33-28)35(41(37)38)22-7-5-6-20(15-22)31-27(36)14-19-10-12-30-13-11-19/h3-13,15-18,41H,14H2,1-2H3,(H,31,36)(H,32,33). The molecule has 3 aromatic carbocycles. The van der Waals surface area contributed by atoms with E-state index in [1.165, 1.54) is 14.2 Å². The lowest BCUT2D eigenvalue weighted by molar-refractivity contribution is -0.115. The van der Waals surface area contributed by atoms with Gasteiger partial charge in [0.15, 0.2) is 11.6 Å². The molecule has 2 aromatic heterocycles. The Labute approximate surface area is 237 Å². The number of pyridine rings is 1. The molecule has 0 unspecified atom stereocenters. The lowest BCUT2D eigenvalue weighted by atomic mass is 10.2. The lowest BCUT2D eigenvalue weighted by Crippen LogP contribution is -2.19. The number of benzene rings is 3. The van der Waals surface area contributed by atoms with Crippen LogP contribution in [-0.4, -0.2) is 43.5 Å². The van der Waals surface area contributed by atoms with E-state index in [0.717, 1.165) is 9.87 Å². The molecule has 1 amide bonds. The Kier molecular flexibility index (Phi) is 8.20. The van der Waals surface area contributed by atoms with Crippen LogP contribution in [0, 0.1) is 0 Å². The zero-order chi connectivity index (χ0) is 28.8. The number of para-hydroxylation sites is 2. The van der Waals surface area contributed by atoms with Crippen LogP contribution in [0.4, 0.5) is 28.7 Å². The van der Waals surface area contributed by atoms with Crippen molar-refractivity contribution in [2.75, 3.05) is 29.2 Å². The number of nitrogens with zero attached hydrogens (tertiary/aromatic N) is 4. The zero-order valence-electron chi connectivity index (χ0n) is 22.1. The number of methoxy groups -OCH3 is 2. The van der Waals surface area contributed by atoms with Crippen molar-refractivity contribution in [1.29, 1.82) is 0 Å². The van der Waals surface area contributed by atoms with Gasteiger partial charge < -0.3 is 20.1 Å². The third kappa shape index (κ3) is 6.50. The van der Waals surface area contributed by atoms with E-state index >= 15 is 0 Å². The van der Waals surface area contributed by atoms with E-state index < -0.39 is 10.9 Å². The number of aromatic nitrogens is 3. The zero-order valence-corrected chi connectivity index (χ0v) is 23.0. The number of rotatable bonds is 10. The average molecular weight is 571 g/mol. The number of hydrogen-bond acceptors (Lipinski definition) is 9. The van der Waals surface area contributed by atoms with Crippen molar-refractivity contribution in [2.45, 2.75) is 6.42 Å². The van der Waals surface area contributed by atoms with Gasteiger partial charge in [-0.3, -0.25) is 9.78 Å². The summed E-state index contributed by atoms with van der Waals surface area (Å²) in [5, 5.41) is 6.00. The normalized spacial score (nSPS) is 10.8. The molecule has 0 fully saturated rings. The van der Waals surface area contributed by atoms with E-state index in [1.54, 1.807) is 85.2 Å². The second-order valence-corrected chi connectivity index (χ2v) is 9.67. The molecule has 0 spiro atoms. The molecule has 0 saturated heterocycles. The Hall–Kier alpha value is -5.23. The minimum atomic E-state index is -3.23. The number of hydrogen-bond donors (Lipinski definition) is 3. The highest BCUT2D eigenvalue weighted by molar-refractivity contribution is 7.74. The van der Waals surface area contributed by atoms with Crippen LogP contribution in [0.5, 0.6) is 11.5 Å². The van der Waals surface area contributed by atoms with Crippen LogP contribution in [-0.2, 0) is 22.1 Å². The molecule has 0 aliphatic heterocycles. The topological polar surface area (TPSA) is 136 Å². The third-order valence-electron chi connectivity index (χ3n) is 6.02. The van der Waals surface area contributed by atoms with Gasteiger partial charge in [0.25, 0.3) is 0 Å². The van der Waals surface area contributed by atoms with E-state index in [9.17, 15) is 13.2 Å². The predicted molar refractivity (Wildman–Crippen MR) is 158 cm³/mol. The van der Waals surface area contributed by atoms with E-state index in [0.29, 0.717) is 33.9 Å². The van der Waals surface area contributed by atoms with Crippen molar-refractivity contribution in [1.82, 2.24) is 15.0 Å². The molecule has 41 heavy (non-hydrogen) atoms. The number of carbonyl (C=O) groups is 1. The van der Waals surface area contributed by atoms with Gasteiger partial charge in [0.1, 0.15) is 11.5 Å². The van der Waals surface area contributed by atoms with Gasteiger partial charge in [-0.2, -0.15) is 0 Å². The fourth-order valence-corrected chi connectivity index (χ4v) is 4.75. The first kappa shape index (κ1) is 27.3. The second kappa shape index (κ2) is 12.3. The van der Waals surface area contributed by atoms with Crippen LogP contribution < -0.4 is 24.4 Å². The van der Waals surface area contributed by atoms with Crippen molar-refractivity contribution in [2.24, 2.45) is 0 Å². The highest BCUT2D eigenvalue weighted by Gasteiger charge is 2.21. The highest BCUT2D eigenvalue weighted by atomic mass is 32.2. The monoisotopic (exact) mass is 570 g/mol. The van der Waals surface area contributed by atoms with Crippen molar-refractivity contribution >= 4 is 56.5 Å². The minimum Gasteiger partial charge on any atom is -0.497 e. The summed E-state index contributed by atoms with van der Waals surface area (Å²) in [6.07, 6.45) is 3.37. The molecule has 0 aliphatic carbocycles. The highest BCUT2D eigenvalue weighted by Crippen LogP contribution is 2.35. The van der Waals surface area contributed by atoms with Crippen LogP contribution in [0.25, 0.3) is 11.0 Å². The van der Waals surface area contributed by atoms with Crippen LogP contribution in [0.3, 0.4) is 0 Å². The van der Waals surface area contributed by atoms with Gasteiger partial charge in [-0.05, 0) is 48.0 Å². The maximum Gasteiger partial charge on any atom is 0.230 e. The molecular formula is C29H26N6O5S. The van der Waals surface area contributed by atoms with Crippen LogP contribution in [0.2, 0.25) is 0 Å². The molecule has 12 heteroatoms. The Morgan fingerprint density at radius 1 is 0.829 bits per heavy atom. The first-order valence-electron chi connectivity index (χ1n) is 12.4. The molecule has 0 aliphatic rings. The summed E-state index contributed by atoms with van der Waals surface area (Å²) in [6.45, 7) is 0. The van der Waals surface area contributed by atoms with Gasteiger partial charge in [0, 0.05) is 42.0 Å². The SMILES string of the molecule is COc1cc(Nc2nc3ccccc3nc2N(c2cccc(NC(=O)Cc3ccncc3)c2)[SH](=O)=O)cc(OC)c1. The quantitative estimate of drug-likeness (QED) is 0.205. The summed E-state index contributed by atoms with van der Waals surface area (Å²) in [5.41, 5.74) is 3.09. The maximum absolute atomic E-state index is 12.8. The summed E-state index contributed by atoms with van der Waals surface area (Å²) >= 11 is 0. The largest absolute Gasteiger partial charge is 0.497 e. The molecule has 11 nitrogen and oxygen atoms in total. The Morgan fingerprint density at radius 3 is 2.17 bits per heavy atom. The summed E-state index contributed by atoms with van der Waals surface area (Å²) in [5.74, 6) is 1.03. The smallest absolute Gasteiger partial charge is 0.230 e. The van der Waals surface area contributed by atoms with Crippen molar-refractivity contribution < 1.29 is 22.7 Å². The lowest BCUT2D eigenvalue weighted by Gasteiger charge is -2.21. The van der Waals surface area contributed by atoms with E-state index in [2.05, 4.69) is 25.6 Å².